The summed E-state index contributed by atoms with van der Waals surface area (Å²) < 4.78 is 0. The molecule has 3 nitrogen and oxygen atoms in total. The number of piperidine rings is 1. The number of hydrogen-bond acceptors (Lipinski definition) is 2. The van der Waals surface area contributed by atoms with Gasteiger partial charge < -0.3 is 15.5 Å². The summed E-state index contributed by atoms with van der Waals surface area (Å²) in [5, 5.41) is 8.17. The van der Waals surface area contributed by atoms with E-state index in [0.29, 0.717) is 21.2 Å². The maximum atomic E-state index is 5.96. The Morgan fingerprint density at radius 3 is 2.58 bits per heavy atom. The number of hydrogen-bond donors (Lipinski definition) is 2. The monoisotopic (exact) mass is 317 g/mol. The van der Waals surface area contributed by atoms with Crippen LogP contribution in [0.5, 0.6) is 0 Å². The third-order valence-electron chi connectivity index (χ3n) is 3.23. The molecule has 0 amide bonds. The van der Waals surface area contributed by atoms with E-state index >= 15 is 0 Å². The molecule has 2 N–H and O–H groups in total. The molecule has 104 valence electrons. The first-order valence-electron chi connectivity index (χ1n) is 6.25. The normalized spacial score (nSPS) is 17.2. The van der Waals surface area contributed by atoms with E-state index < -0.39 is 0 Å². The van der Waals surface area contributed by atoms with Gasteiger partial charge in [-0.2, -0.15) is 0 Å². The van der Waals surface area contributed by atoms with Crippen molar-refractivity contribution in [2.75, 3.05) is 25.5 Å². The first-order chi connectivity index (χ1) is 9.04. The van der Waals surface area contributed by atoms with Gasteiger partial charge in [0.15, 0.2) is 5.11 Å². The van der Waals surface area contributed by atoms with Crippen molar-refractivity contribution in [3.05, 3.63) is 28.2 Å². The second kappa shape index (κ2) is 6.75. The van der Waals surface area contributed by atoms with E-state index in [-0.39, 0.29) is 0 Å². The highest BCUT2D eigenvalue weighted by Crippen LogP contribution is 2.25. The van der Waals surface area contributed by atoms with Gasteiger partial charge in [-0.15, -0.1) is 0 Å². The van der Waals surface area contributed by atoms with E-state index in [9.17, 15) is 0 Å². The summed E-state index contributed by atoms with van der Waals surface area (Å²) in [4.78, 5) is 2.33. The topological polar surface area (TPSA) is 27.3 Å². The zero-order chi connectivity index (χ0) is 13.8. The molecule has 1 aliphatic rings. The summed E-state index contributed by atoms with van der Waals surface area (Å²) in [6, 6.07) is 5.83. The van der Waals surface area contributed by atoms with Gasteiger partial charge in [0.25, 0.3) is 0 Å². The summed E-state index contributed by atoms with van der Waals surface area (Å²) in [6.07, 6.45) is 2.22. The van der Waals surface area contributed by atoms with Gasteiger partial charge in [0.1, 0.15) is 0 Å². The fraction of sp³-hybridized carbons (Fsp3) is 0.462. The smallest absolute Gasteiger partial charge is 0.170 e. The summed E-state index contributed by atoms with van der Waals surface area (Å²) in [7, 11) is 2.14. The number of likely N-dealkylation sites (tertiary alicyclic amines) is 1. The van der Waals surface area contributed by atoms with E-state index in [1.54, 1.807) is 12.1 Å². The Morgan fingerprint density at radius 1 is 1.26 bits per heavy atom. The lowest BCUT2D eigenvalue weighted by molar-refractivity contribution is 0.247. The molecule has 1 aromatic carbocycles. The van der Waals surface area contributed by atoms with Crippen LogP contribution in [0.15, 0.2) is 18.2 Å². The third kappa shape index (κ3) is 4.49. The molecule has 0 saturated carbocycles. The molecule has 0 aliphatic carbocycles. The number of nitrogens with zero attached hydrogens (tertiary/aromatic N) is 1. The Kier molecular flexibility index (Phi) is 5.28. The molecule has 1 fully saturated rings. The van der Waals surface area contributed by atoms with Crippen LogP contribution in [0, 0.1) is 0 Å². The summed E-state index contributed by atoms with van der Waals surface area (Å²) in [6.45, 7) is 2.21. The number of anilines is 1. The molecular weight excluding hydrogens is 301 g/mol. The molecule has 1 saturated heterocycles. The van der Waals surface area contributed by atoms with E-state index in [1.165, 1.54) is 0 Å². The zero-order valence-electron chi connectivity index (χ0n) is 10.7. The molecule has 0 spiro atoms. The van der Waals surface area contributed by atoms with Gasteiger partial charge in [0, 0.05) is 11.7 Å². The second-order valence-electron chi connectivity index (χ2n) is 4.80. The summed E-state index contributed by atoms with van der Waals surface area (Å²) in [5.41, 5.74) is 0.847. The molecule has 1 aromatic rings. The number of thiocarbonyl (C=S) groups is 1. The zero-order valence-corrected chi connectivity index (χ0v) is 13.1. The number of halogens is 2. The van der Waals surface area contributed by atoms with Crippen molar-refractivity contribution in [1.82, 2.24) is 10.2 Å². The highest BCUT2D eigenvalue weighted by Gasteiger charge is 2.17. The summed E-state index contributed by atoms with van der Waals surface area (Å²) >= 11 is 17.1. The fourth-order valence-electron chi connectivity index (χ4n) is 2.08. The minimum atomic E-state index is 0.443. The first kappa shape index (κ1) is 14.9. The van der Waals surface area contributed by atoms with E-state index in [1.807, 2.05) is 6.07 Å². The molecule has 0 aromatic heterocycles. The third-order valence-corrected chi connectivity index (χ3v) is 4.19. The molecule has 0 atom stereocenters. The van der Waals surface area contributed by atoms with Crippen LogP contribution in [0.1, 0.15) is 12.8 Å². The molecule has 0 radical (unpaired) electrons. The SMILES string of the molecule is CN1CCC(NC(=S)Nc2ccc(Cl)c(Cl)c2)CC1. The maximum Gasteiger partial charge on any atom is 0.170 e. The molecule has 0 bridgehead atoms. The number of nitrogens with one attached hydrogen (secondary N) is 2. The van der Waals surface area contributed by atoms with E-state index in [0.717, 1.165) is 31.6 Å². The van der Waals surface area contributed by atoms with E-state index in [4.69, 9.17) is 35.4 Å². The minimum absolute atomic E-state index is 0.443. The van der Waals surface area contributed by atoms with Crippen molar-refractivity contribution in [2.45, 2.75) is 18.9 Å². The van der Waals surface area contributed by atoms with Crippen LogP contribution in [0.2, 0.25) is 10.0 Å². The van der Waals surface area contributed by atoms with Crippen LogP contribution >= 0.6 is 35.4 Å². The lowest BCUT2D eigenvalue weighted by atomic mass is 10.1. The lowest BCUT2D eigenvalue weighted by Crippen LogP contribution is -2.44. The van der Waals surface area contributed by atoms with Crippen molar-refractivity contribution in [3.8, 4) is 0 Å². The maximum absolute atomic E-state index is 5.96. The Balaban J connectivity index is 1.85. The quantitative estimate of drug-likeness (QED) is 0.818. The molecule has 1 aliphatic heterocycles. The van der Waals surface area contributed by atoms with Crippen LogP contribution in [0.3, 0.4) is 0 Å². The van der Waals surface area contributed by atoms with Crippen molar-refractivity contribution in [3.63, 3.8) is 0 Å². The largest absolute Gasteiger partial charge is 0.360 e. The van der Waals surface area contributed by atoms with Gasteiger partial charge in [0.2, 0.25) is 0 Å². The van der Waals surface area contributed by atoms with E-state index in [2.05, 4.69) is 22.6 Å². The van der Waals surface area contributed by atoms with Crippen LogP contribution in [0.4, 0.5) is 5.69 Å². The van der Waals surface area contributed by atoms with Gasteiger partial charge >= 0.3 is 0 Å². The van der Waals surface area contributed by atoms with Crippen molar-refractivity contribution in [1.29, 1.82) is 0 Å². The predicted molar refractivity (Wildman–Crippen MR) is 86.3 cm³/mol. The molecule has 0 unspecified atom stereocenters. The number of rotatable bonds is 2. The van der Waals surface area contributed by atoms with Crippen LogP contribution in [0.25, 0.3) is 0 Å². The fourth-order valence-corrected chi connectivity index (χ4v) is 2.66. The Bertz CT molecular complexity index is 459. The minimum Gasteiger partial charge on any atom is -0.360 e. The lowest BCUT2D eigenvalue weighted by Gasteiger charge is -2.30. The second-order valence-corrected chi connectivity index (χ2v) is 6.03. The van der Waals surface area contributed by atoms with Crippen LogP contribution < -0.4 is 10.6 Å². The van der Waals surface area contributed by atoms with Gasteiger partial charge in [-0.05, 0) is 63.4 Å². The van der Waals surface area contributed by atoms with Gasteiger partial charge in [0.05, 0.1) is 10.0 Å². The standard InChI is InChI=1S/C13H17Cl2N3S/c1-18-6-4-9(5-7-18)16-13(19)17-10-2-3-11(14)12(15)8-10/h2-3,8-9H,4-7H2,1H3,(H2,16,17,19). The van der Waals surface area contributed by atoms with Crippen molar-refractivity contribution in [2.24, 2.45) is 0 Å². The van der Waals surface area contributed by atoms with Crippen molar-refractivity contribution >= 4 is 46.2 Å². The van der Waals surface area contributed by atoms with Crippen LogP contribution in [-0.4, -0.2) is 36.2 Å². The number of benzene rings is 1. The molecule has 1 heterocycles. The molecule has 6 heteroatoms. The molecule has 2 rings (SSSR count). The van der Waals surface area contributed by atoms with Crippen LogP contribution in [-0.2, 0) is 0 Å². The van der Waals surface area contributed by atoms with Gasteiger partial charge in [-0.1, -0.05) is 23.2 Å². The van der Waals surface area contributed by atoms with Gasteiger partial charge in [-0.3, -0.25) is 0 Å². The Morgan fingerprint density at radius 2 is 1.95 bits per heavy atom. The average Bonchev–Trinajstić information content (AvgIpc) is 2.37. The van der Waals surface area contributed by atoms with Crippen molar-refractivity contribution < 1.29 is 0 Å². The Hall–Kier alpha value is -0.550. The molecule has 19 heavy (non-hydrogen) atoms. The summed E-state index contributed by atoms with van der Waals surface area (Å²) in [5.74, 6) is 0. The van der Waals surface area contributed by atoms with Gasteiger partial charge in [-0.25, -0.2) is 0 Å². The average molecular weight is 318 g/mol. The highest BCUT2D eigenvalue weighted by atomic mass is 35.5. The Labute approximate surface area is 129 Å². The molecular formula is C13H17Cl2N3S. The first-order valence-corrected chi connectivity index (χ1v) is 7.42. The predicted octanol–water partition coefficient (Wildman–Crippen LogP) is 3.37. The highest BCUT2D eigenvalue weighted by molar-refractivity contribution is 7.80.